The number of fused-ring (bicyclic) bond motifs is 1. The summed E-state index contributed by atoms with van der Waals surface area (Å²) in [5.74, 6) is 2.16. The Balaban J connectivity index is 1.59. The third-order valence-corrected chi connectivity index (χ3v) is 5.44. The van der Waals surface area contributed by atoms with Crippen LogP contribution in [0.25, 0.3) is 0 Å². The van der Waals surface area contributed by atoms with E-state index in [4.69, 9.17) is 9.47 Å². The van der Waals surface area contributed by atoms with Gasteiger partial charge in [-0.25, -0.2) is 5.43 Å². The van der Waals surface area contributed by atoms with E-state index in [1.807, 2.05) is 50.2 Å². The molecule has 0 saturated heterocycles. The van der Waals surface area contributed by atoms with Crippen molar-refractivity contribution in [1.82, 2.24) is 5.43 Å². The molecule has 1 heterocycles. The zero-order valence-electron chi connectivity index (χ0n) is 15.6. The Morgan fingerprint density at radius 2 is 1.89 bits per heavy atom. The molecule has 5 nitrogen and oxygen atoms in total. The lowest BCUT2D eigenvalue weighted by Crippen LogP contribution is -2.28. The lowest BCUT2D eigenvalue weighted by atomic mass is 10.1. The summed E-state index contributed by atoms with van der Waals surface area (Å²) in [6, 6.07) is 15.9. The number of nitrogens with one attached hydrogen (secondary N) is 1. The van der Waals surface area contributed by atoms with Crippen LogP contribution in [0.3, 0.4) is 0 Å². The average Bonchev–Trinajstić information content (AvgIpc) is 2.73. The minimum atomic E-state index is -0.188. The molecule has 1 aliphatic rings. The van der Waals surface area contributed by atoms with Gasteiger partial charge in [0.1, 0.15) is 13.2 Å². The molecule has 1 aliphatic heterocycles. The van der Waals surface area contributed by atoms with Crippen LogP contribution >= 0.6 is 11.8 Å². The van der Waals surface area contributed by atoms with Crippen molar-refractivity contribution in [2.75, 3.05) is 13.2 Å². The number of benzene rings is 2. The van der Waals surface area contributed by atoms with Crippen LogP contribution in [0.1, 0.15) is 31.4 Å². The van der Waals surface area contributed by atoms with Crippen LogP contribution in [0.5, 0.6) is 11.5 Å². The first kappa shape index (κ1) is 19.3. The van der Waals surface area contributed by atoms with Gasteiger partial charge in [-0.05, 0) is 37.1 Å². The molecular weight excluding hydrogens is 360 g/mol. The van der Waals surface area contributed by atoms with Crippen molar-refractivity contribution in [1.29, 1.82) is 0 Å². The molecule has 0 aliphatic carbocycles. The molecule has 0 aromatic heterocycles. The number of hydrogen-bond donors (Lipinski definition) is 1. The molecule has 6 heteroatoms. The van der Waals surface area contributed by atoms with Crippen molar-refractivity contribution in [3.63, 3.8) is 0 Å². The monoisotopic (exact) mass is 384 g/mol. The Hall–Kier alpha value is -2.47. The van der Waals surface area contributed by atoms with Gasteiger partial charge < -0.3 is 9.47 Å². The maximum absolute atomic E-state index is 12.4. The second kappa shape index (κ2) is 9.46. The number of rotatable bonds is 7. The first-order valence-corrected chi connectivity index (χ1v) is 10.1. The number of amides is 1. The van der Waals surface area contributed by atoms with Crippen LogP contribution in [-0.2, 0) is 10.5 Å². The van der Waals surface area contributed by atoms with Crippen LogP contribution < -0.4 is 14.9 Å². The zero-order chi connectivity index (χ0) is 19.1. The molecule has 0 fully saturated rings. The van der Waals surface area contributed by atoms with E-state index in [1.54, 1.807) is 11.8 Å². The fourth-order valence-electron chi connectivity index (χ4n) is 2.66. The average molecular weight is 385 g/mol. The fourth-order valence-corrected chi connectivity index (χ4v) is 3.49. The highest BCUT2D eigenvalue weighted by molar-refractivity contribution is 7.99. The Morgan fingerprint density at radius 3 is 2.63 bits per heavy atom. The molecule has 0 spiro atoms. The molecular formula is C21H24N2O3S. The number of carbonyl (C=O) groups excluding carboxylic acids is 1. The quantitative estimate of drug-likeness (QED) is 0.579. The minimum Gasteiger partial charge on any atom is -0.486 e. The van der Waals surface area contributed by atoms with E-state index in [1.165, 1.54) is 5.56 Å². The summed E-state index contributed by atoms with van der Waals surface area (Å²) >= 11 is 1.59. The Labute approximate surface area is 164 Å². The van der Waals surface area contributed by atoms with Gasteiger partial charge in [-0.1, -0.05) is 37.3 Å². The number of hydrogen-bond acceptors (Lipinski definition) is 5. The third-order valence-electron chi connectivity index (χ3n) is 4.22. The van der Waals surface area contributed by atoms with Crippen molar-refractivity contribution < 1.29 is 14.3 Å². The maximum atomic E-state index is 12.4. The maximum Gasteiger partial charge on any atom is 0.252 e. The molecule has 0 radical (unpaired) electrons. The zero-order valence-corrected chi connectivity index (χ0v) is 16.4. The number of hydrazone groups is 1. The SMILES string of the molecule is CC/C(=N\NC(=O)C(C)SCc1ccccc1)c1ccc2c(c1)OCCO2. The van der Waals surface area contributed by atoms with Gasteiger partial charge in [0.15, 0.2) is 11.5 Å². The van der Waals surface area contributed by atoms with E-state index in [-0.39, 0.29) is 11.2 Å². The first-order valence-electron chi connectivity index (χ1n) is 9.09. The smallest absolute Gasteiger partial charge is 0.252 e. The Bertz CT molecular complexity index is 808. The van der Waals surface area contributed by atoms with Gasteiger partial charge in [0.2, 0.25) is 0 Å². The van der Waals surface area contributed by atoms with Gasteiger partial charge in [0.25, 0.3) is 5.91 Å². The number of ether oxygens (including phenoxy) is 2. The van der Waals surface area contributed by atoms with E-state index in [2.05, 4.69) is 22.7 Å². The van der Waals surface area contributed by atoms with Crippen molar-refractivity contribution in [2.24, 2.45) is 5.10 Å². The highest BCUT2D eigenvalue weighted by Gasteiger charge is 2.15. The first-order chi connectivity index (χ1) is 13.2. The Morgan fingerprint density at radius 1 is 1.15 bits per heavy atom. The van der Waals surface area contributed by atoms with Crippen molar-refractivity contribution in [2.45, 2.75) is 31.3 Å². The second-order valence-corrected chi connectivity index (χ2v) is 7.51. The van der Waals surface area contributed by atoms with Gasteiger partial charge in [0.05, 0.1) is 11.0 Å². The van der Waals surface area contributed by atoms with Gasteiger partial charge in [-0.2, -0.15) is 5.10 Å². The number of carbonyl (C=O) groups is 1. The highest BCUT2D eigenvalue weighted by Crippen LogP contribution is 2.31. The summed E-state index contributed by atoms with van der Waals surface area (Å²) in [6.45, 7) is 5.02. The van der Waals surface area contributed by atoms with Crippen molar-refractivity contribution in [3.05, 3.63) is 59.7 Å². The molecule has 27 heavy (non-hydrogen) atoms. The summed E-state index contributed by atoms with van der Waals surface area (Å²) in [4.78, 5) is 12.4. The van der Waals surface area contributed by atoms with Crippen LogP contribution in [-0.4, -0.2) is 30.1 Å². The molecule has 1 amide bonds. The van der Waals surface area contributed by atoms with Crippen LogP contribution in [0, 0.1) is 0 Å². The minimum absolute atomic E-state index is 0.0978. The van der Waals surface area contributed by atoms with Gasteiger partial charge in [0, 0.05) is 11.3 Å². The van der Waals surface area contributed by atoms with E-state index >= 15 is 0 Å². The van der Waals surface area contributed by atoms with Gasteiger partial charge in [-0.3, -0.25) is 4.79 Å². The number of nitrogens with zero attached hydrogens (tertiary/aromatic N) is 1. The largest absolute Gasteiger partial charge is 0.486 e. The van der Waals surface area contributed by atoms with Gasteiger partial charge in [-0.15, -0.1) is 11.8 Å². The van der Waals surface area contributed by atoms with E-state index < -0.39 is 0 Å². The van der Waals surface area contributed by atoms with E-state index in [9.17, 15) is 4.79 Å². The summed E-state index contributed by atoms with van der Waals surface area (Å²) in [7, 11) is 0. The van der Waals surface area contributed by atoms with Crippen molar-refractivity contribution >= 4 is 23.4 Å². The predicted molar refractivity (Wildman–Crippen MR) is 110 cm³/mol. The summed E-state index contributed by atoms with van der Waals surface area (Å²) in [5, 5.41) is 4.16. The Kier molecular flexibility index (Phi) is 6.76. The molecule has 3 rings (SSSR count). The molecule has 0 saturated carbocycles. The summed E-state index contributed by atoms with van der Waals surface area (Å²) in [5.41, 5.74) is 5.64. The van der Waals surface area contributed by atoms with Crippen LogP contribution in [0.15, 0.2) is 53.6 Å². The second-order valence-electron chi connectivity index (χ2n) is 6.19. The normalized spacial score (nSPS) is 14.5. The van der Waals surface area contributed by atoms with Crippen molar-refractivity contribution in [3.8, 4) is 11.5 Å². The number of thioether (sulfide) groups is 1. The molecule has 1 atom stereocenters. The van der Waals surface area contributed by atoms with Gasteiger partial charge >= 0.3 is 0 Å². The molecule has 0 bridgehead atoms. The highest BCUT2D eigenvalue weighted by atomic mass is 32.2. The topological polar surface area (TPSA) is 59.9 Å². The summed E-state index contributed by atoms with van der Waals surface area (Å²) in [6.07, 6.45) is 0.700. The molecule has 1 N–H and O–H groups in total. The van der Waals surface area contributed by atoms with E-state index in [0.29, 0.717) is 19.6 Å². The third kappa shape index (κ3) is 5.26. The molecule has 2 aromatic rings. The fraction of sp³-hybridized carbons (Fsp3) is 0.333. The van der Waals surface area contributed by atoms with E-state index in [0.717, 1.165) is 28.5 Å². The molecule has 2 aromatic carbocycles. The standard InChI is InChI=1S/C21H24N2O3S/c1-3-18(17-9-10-19-20(13-17)26-12-11-25-19)22-23-21(24)15(2)27-14-16-7-5-4-6-8-16/h4-10,13,15H,3,11-12,14H2,1-2H3,(H,23,24)/b22-18+. The summed E-state index contributed by atoms with van der Waals surface area (Å²) < 4.78 is 11.2. The molecule has 142 valence electrons. The lowest BCUT2D eigenvalue weighted by molar-refractivity contribution is -0.120. The lowest BCUT2D eigenvalue weighted by Gasteiger charge is -2.19. The molecule has 1 unspecified atom stereocenters. The predicted octanol–water partition coefficient (Wildman–Crippen LogP) is 4.01. The van der Waals surface area contributed by atoms with Crippen LogP contribution in [0.2, 0.25) is 0 Å². The van der Waals surface area contributed by atoms with Crippen LogP contribution in [0.4, 0.5) is 0 Å².